The highest BCUT2D eigenvalue weighted by atomic mass is 19.4. The van der Waals surface area contributed by atoms with E-state index in [0.717, 1.165) is 18.6 Å². The van der Waals surface area contributed by atoms with Gasteiger partial charge in [-0.25, -0.2) is 0 Å². The number of hydrogen-bond donors (Lipinski definition) is 1. The zero-order valence-electron chi connectivity index (χ0n) is 16.1. The number of nitrogens with zero attached hydrogens (tertiary/aromatic N) is 1. The fourth-order valence-corrected chi connectivity index (χ4v) is 4.44. The van der Waals surface area contributed by atoms with Crippen molar-refractivity contribution in [2.24, 2.45) is 16.6 Å². The van der Waals surface area contributed by atoms with Gasteiger partial charge in [-0.15, -0.1) is 0 Å². The van der Waals surface area contributed by atoms with Gasteiger partial charge in [0.25, 0.3) is 0 Å². The maximum atomic E-state index is 12.6. The molecule has 0 radical (unpaired) electrons. The molecule has 3 rings (SSSR count). The number of rotatable bonds is 3. The fraction of sp³-hybridized carbons (Fsp3) is 0.524. The van der Waals surface area contributed by atoms with Gasteiger partial charge in [-0.2, -0.15) is 13.2 Å². The highest BCUT2D eigenvalue weighted by Gasteiger charge is 2.48. The molecule has 0 unspecified atom stereocenters. The minimum atomic E-state index is -4.36. The maximum absolute atomic E-state index is 12.6. The highest BCUT2D eigenvalue weighted by molar-refractivity contribution is 5.99. The van der Waals surface area contributed by atoms with Gasteiger partial charge in [0.1, 0.15) is 0 Å². The summed E-state index contributed by atoms with van der Waals surface area (Å²) in [7, 11) is 0. The minimum Gasteiger partial charge on any atom is -0.396 e. The summed E-state index contributed by atoms with van der Waals surface area (Å²) in [4.78, 5) is 26.6. The van der Waals surface area contributed by atoms with Gasteiger partial charge in [-0.05, 0) is 43.0 Å². The molecule has 1 aromatic carbocycles. The van der Waals surface area contributed by atoms with Gasteiger partial charge in [0, 0.05) is 30.3 Å². The minimum absolute atomic E-state index is 0.0292. The third kappa shape index (κ3) is 4.08. The number of benzene rings is 1. The predicted molar refractivity (Wildman–Crippen MR) is 99.1 cm³/mol. The van der Waals surface area contributed by atoms with Crippen LogP contribution in [-0.4, -0.2) is 29.7 Å². The summed E-state index contributed by atoms with van der Waals surface area (Å²) in [6.45, 7) is 4.88. The first kappa shape index (κ1) is 20.4. The molecule has 0 bridgehead atoms. The monoisotopic (exact) mass is 394 g/mol. The van der Waals surface area contributed by atoms with Gasteiger partial charge in [-0.1, -0.05) is 26.0 Å². The second-order valence-corrected chi connectivity index (χ2v) is 8.61. The van der Waals surface area contributed by atoms with Gasteiger partial charge < -0.3 is 10.6 Å². The number of amides is 1. The lowest BCUT2D eigenvalue weighted by Gasteiger charge is -2.39. The van der Waals surface area contributed by atoms with Crippen LogP contribution < -0.4 is 5.73 Å². The molecule has 2 N–H and O–H groups in total. The summed E-state index contributed by atoms with van der Waals surface area (Å²) >= 11 is 0. The van der Waals surface area contributed by atoms with Crippen LogP contribution in [0.25, 0.3) is 0 Å². The van der Waals surface area contributed by atoms with Crippen molar-refractivity contribution in [3.8, 4) is 0 Å². The molecular formula is C21H25F3N2O2. The molecule has 1 amide bonds. The van der Waals surface area contributed by atoms with Crippen LogP contribution in [0.15, 0.2) is 36.0 Å². The Morgan fingerprint density at radius 3 is 2.43 bits per heavy atom. The first-order valence-electron chi connectivity index (χ1n) is 9.39. The summed E-state index contributed by atoms with van der Waals surface area (Å²) in [5.74, 6) is -0.0799. The number of carbonyl (C=O) groups is 2. The summed E-state index contributed by atoms with van der Waals surface area (Å²) in [5, 5.41) is 0. The molecule has 152 valence electrons. The van der Waals surface area contributed by atoms with E-state index in [1.54, 1.807) is 4.90 Å². The number of aryl methyl sites for hydroxylation is 1. The number of Topliss-reactive ketones (excluding diaryl/α,β-unsaturated/α-hetero) is 1. The summed E-state index contributed by atoms with van der Waals surface area (Å²) in [6.07, 6.45) is -0.490. The van der Waals surface area contributed by atoms with Crippen molar-refractivity contribution in [2.45, 2.75) is 45.7 Å². The van der Waals surface area contributed by atoms with E-state index >= 15 is 0 Å². The van der Waals surface area contributed by atoms with E-state index in [0.29, 0.717) is 31.5 Å². The van der Waals surface area contributed by atoms with Crippen LogP contribution in [0.4, 0.5) is 13.2 Å². The topological polar surface area (TPSA) is 63.4 Å². The molecule has 0 aromatic heterocycles. The number of carbonyl (C=O) groups excluding carboxylic acids is 2. The molecule has 7 heteroatoms. The zero-order chi connectivity index (χ0) is 20.7. The number of likely N-dealkylation sites (tertiary alicyclic amines) is 1. The predicted octanol–water partition coefficient (Wildman–Crippen LogP) is 3.70. The van der Waals surface area contributed by atoms with Crippen molar-refractivity contribution in [3.63, 3.8) is 0 Å². The summed E-state index contributed by atoms with van der Waals surface area (Å²) in [5.41, 5.74) is 5.40. The smallest absolute Gasteiger partial charge is 0.396 e. The molecule has 1 heterocycles. The van der Waals surface area contributed by atoms with Gasteiger partial charge in [0.15, 0.2) is 5.78 Å². The fourth-order valence-electron chi connectivity index (χ4n) is 4.44. The van der Waals surface area contributed by atoms with E-state index in [9.17, 15) is 22.8 Å². The molecule has 1 aliphatic carbocycles. The Morgan fingerprint density at radius 1 is 1.21 bits per heavy atom. The Kier molecular flexibility index (Phi) is 5.06. The van der Waals surface area contributed by atoms with Crippen LogP contribution in [0.3, 0.4) is 0 Å². The Bertz CT molecular complexity index is 812. The lowest BCUT2D eigenvalue weighted by molar-refractivity contribution is -0.137. The van der Waals surface area contributed by atoms with E-state index in [-0.39, 0.29) is 29.2 Å². The van der Waals surface area contributed by atoms with Gasteiger partial charge in [-0.3, -0.25) is 9.59 Å². The number of hydrogen-bond acceptors (Lipinski definition) is 3. The molecule has 1 spiro atoms. The van der Waals surface area contributed by atoms with E-state index in [2.05, 4.69) is 0 Å². The van der Waals surface area contributed by atoms with Crippen LogP contribution >= 0.6 is 0 Å². The van der Waals surface area contributed by atoms with E-state index in [1.807, 2.05) is 19.9 Å². The van der Waals surface area contributed by atoms with Gasteiger partial charge in [0.05, 0.1) is 11.3 Å². The average molecular weight is 394 g/mol. The molecule has 1 fully saturated rings. The van der Waals surface area contributed by atoms with Crippen molar-refractivity contribution < 1.29 is 22.8 Å². The summed E-state index contributed by atoms with van der Waals surface area (Å²) in [6, 6.07) is 4.92. The SMILES string of the molecule is CC1(C)C[C@]2(C=C(N)C1=O)CCN(C(=O)CCc1ccc(C(F)(F)F)cc1)C2. The second-order valence-electron chi connectivity index (χ2n) is 8.61. The quantitative estimate of drug-likeness (QED) is 0.850. The van der Waals surface area contributed by atoms with E-state index in [1.165, 1.54) is 12.1 Å². The van der Waals surface area contributed by atoms with Crippen molar-refractivity contribution in [1.82, 2.24) is 4.90 Å². The van der Waals surface area contributed by atoms with Crippen LogP contribution in [-0.2, 0) is 22.2 Å². The lowest BCUT2D eigenvalue weighted by atomic mass is 9.65. The van der Waals surface area contributed by atoms with Gasteiger partial charge >= 0.3 is 6.18 Å². The molecular weight excluding hydrogens is 369 g/mol. The van der Waals surface area contributed by atoms with Crippen LogP contribution in [0, 0.1) is 10.8 Å². The second kappa shape index (κ2) is 6.94. The molecule has 1 aliphatic heterocycles. The third-order valence-corrected chi connectivity index (χ3v) is 5.78. The Hall–Kier alpha value is -2.31. The zero-order valence-corrected chi connectivity index (χ0v) is 16.1. The Labute approximate surface area is 162 Å². The molecule has 1 saturated heterocycles. The molecule has 0 saturated carbocycles. The molecule has 1 atom stereocenters. The number of ketones is 1. The number of halogens is 3. The van der Waals surface area contributed by atoms with Crippen molar-refractivity contribution in [1.29, 1.82) is 0 Å². The molecule has 4 nitrogen and oxygen atoms in total. The first-order chi connectivity index (χ1) is 12.9. The Morgan fingerprint density at radius 2 is 1.86 bits per heavy atom. The number of nitrogens with two attached hydrogens (primary N) is 1. The van der Waals surface area contributed by atoms with Gasteiger partial charge in [0.2, 0.25) is 5.91 Å². The standard InChI is InChI=1S/C21H25F3N2O2/c1-19(2)12-20(11-16(25)18(19)28)9-10-26(13-20)17(27)8-5-14-3-6-15(7-4-14)21(22,23)24/h3-4,6-7,11H,5,8-10,12-13,25H2,1-2H3/t20-/m1/s1. The Balaban J connectivity index is 1.60. The normalized spacial score (nSPS) is 24.5. The lowest BCUT2D eigenvalue weighted by Crippen LogP contribution is -2.42. The molecule has 2 aliphatic rings. The van der Waals surface area contributed by atoms with Crippen molar-refractivity contribution in [2.75, 3.05) is 13.1 Å². The van der Waals surface area contributed by atoms with Crippen LogP contribution in [0.2, 0.25) is 0 Å². The average Bonchev–Trinajstić information content (AvgIpc) is 3.00. The first-order valence-corrected chi connectivity index (χ1v) is 9.39. The summed E-state index contributed by atoms with van der Waals surface area (Å²) < 4.78 is 37.9. The van der Waals surface area contributed by atoms with E-state index < -0.39 is 17.2 Å². The maximum Gasteiger partial charge on any atom is 0.416 e. The molecule has 28 heavy (non-hydrogen) atoms. The number of allylic oxidation sites excluding steroid dienone is 1. The molecule has 1 aromatic rings. The van der Waals surface area contributed by atoms with E-state index in [4.69, 9.17) is 5.73 Å². The van der Waals surface area contributed by atoms with Crippen LogP contribution in [0.5, 0.6) is 0 Å². The number of alkyl halides is 3. The van der Waals surface area contributed by atoms with Crippen molar-refractivity contribution >= 4 is 11.7 Å². The van der Waals surface area contributed by atoms with Crippen molar-refractivity contribution in [3.05, 3.63) is 47.2 Å². The van der Waals surface area contributed by atoms with Crippen LogP contribution in [0.1, 0.15) is 44.2 Å². The highest BCUT2D eigenvalue weighted by Crippen LogP contribution is 2.47. The third-order valence-electron chi connectivity index (χ3n) is 5.78. The largest absolute Gasteiger partial charge is 0.416 e.